The van der Waals surface area contributed by atoms with Crippen LogP contribution in [0.15, 0.2) is 41.1 Å². The number of nitrogens with zero attached hydrogens (tertiary/aromatic N) is 1. The van der Waals surface area contributed by atoms with Gasteiger partial charge in [0.15, 0.2) is 0 Å². The van der Waals surface area contributed by atoms with Gasteiger partial charge in [-0.05, 0) is 47.3 Å². The normalized spacial score (nSPS) is 16.3. The molecule has 0 bridgehead atoms. The topological polar surface area (TPSA) is 49.4 Å². The van der Waals surface area contributed by atoms with Crippen molar-refractivity contribution in [2.75, 3.05) is 13.1 Å². The fraction of sp³-hybridized carbons (Fsp3) is 0.500. The molecule has 0 radical (unpaired) electrons. The summed E-state index contributed by atoms with van der Waals surface area (Å²) >= 11 is 1.54. The lowest BCUT2D eigenvalue weighted by Gasteiger charge is -2.33. The zero-order valence-electron chi connectivity index (χ0n) is 17.9. The number of amides is 2. The van der Waals surface area contributed by atoms with Crippen LogP contribution >= 0.6 is 11.3 Å². The molecule has 0 unspecified atom stereocenters. The molecule has 5 heteroatoms. The molecule has 156 valence electrons. The van der Waals surface area contributed by atoms with E-state index < -0.39 is 0 Å². The van der Waals surface area contributed by atoms with Crippen LogP contribution in [0.1, 0.15) is 74.0 Å². The molecule has 2 aromatic rings. The van der Waals surface area contributed by atoms with E-state index in [2.05, 4.69) is 57.3 Å². The molecule has 1 atom stereocenters. The van der Waals surface area contributed by atoms with E-state index in [9.17, 15) is 9.59 Å². The van der Waals surface area contributed by atoms with Gasteiger partial charge in [0.1, 0.15) is 0 Å². The number of carbonyl (C=O) groups is 2. The van der Waals surface area contributed by atoms with E-state index in [4.69, 9.17) is 0 Å². The van der Waals surface area contributed by atoms with Crippen LogP contribution in [-0.2, 0) is 4.79 Å². The third-order valence-electron chi connectivity index (χ3n) is 5.85. The molecule has 1 aromatic carbocycles. The summed E-state index contributed by atoms with van der Waals surface area (Å²) in [5, 5.41) is 7.09. The molecule has 29 heavy (non-hydrogen) atoms. The van der Waals surface area contributed by atoms with Crippen molar-refractivity contribution in [3.05, 3.63) is 57.8 Å². The fourth-order valence-corrected chi connectivity index (χ4v) is 4.54. The van der Waals surface area contributed by atoms with E-state index in [-0.39, 0.29) is 23.8 Å². The molecular formula is C24H32N2O2S. The quantitative estimate of drug-likeness (QED) is 0.706. The maximum Gasteiger partial charge on any atom is 0.254 e. The summed E-state index contributed by atoms with van der Waals surface area (Å²) in [7, 11) is 0. The van der Waals surface area contributed by atoms with E-state index in [1.165, 1.54) is 16.9 Å². The van der Waals surface area contributed by atoms with Gasteiger partial charge in [0, 0.05) is 24.4 Å². The van der Waals surface area contributed by atoms with E-state index >= 15 is 0 Å². The van der Waals surface area contributed by atoms with Crippen molar-refractivity contribution in [3.8, 4) is 0 Å². The van der Waals surface area contributed by atoms with Crippen LogP contribution in [0, 0.1) is 11.8 Å². The molecule has 1 aliphatic rings. The van der Waals surface area contributed by atoms with Gasteiger partial charge in [0.25, 0.3) is 5.91 Å². The lowest BCUT2D eigenvalue weighted by molar-refractivity contribution is -0.127. The Labute approximate surface area is 178 Å². The molecule has 0 aliphatic carbocycles. The van der Waals surface area contributed by atoms with Crippen molar-refractivity contribution < 1.29 is 9.59 Å². The van der Waals surface area contributed by atoms with Gasteiger partial charge in [-0.3, -0.25) is 9.59 Å². The van der Waals surface area contributed by atoms with E-state index in [0.29, 0.717) is 24.9 Å². The number of likely N-dealkylation sites (tertiary alicyclic amines) is 1. The SMILES string of the molecule is CC(C)c1ccc([C@@H](NC(=O)C2CCN(C(=O)c3ccsc3)CC2)C(C)C)cc1. The number of hydrogen-bond donors (Lipinski definition) is 1. The van der Waals surface area contributed by atoms with Gasteiger partial charge in [0.05, 0.1) is 11.6 Å². The Morgan fingerprint density at radius 3 is 2.14 bits per heavy atom. The van der Waals surface area contributed by atoms with Crippen LogP contribution in [0.5, 0.6) is 0 Å². The maximum absolute atomic E-state index is 13.0. The molecule has 0 saturated carbocycles. The zero-order valence-corrected chi connectivity index (χ0v) is 18.7. The minimum Gasteiger partial charge on any atom is -0.349 e. The average Bonchev–Trinajstić information content (AvgIpc) is 3.26. The highest BCUT2D eigenvalue weighted by molar-refractivity contribution is 7.08. The summed E-state index contributed by atoms with van der Waals surface area (Å²) in [5.41, 5.74) is 3.22. The molecule has 3 rings (SSSR count). The Morgan fingerprint density at radius 1 is 1.00 bits per heavy atom. The van der Waals surface area contributed by atoms with Crippen LogP contribution in [0.4, 0.5) is 0 Å². The lowest BCUT2D eigenvalue weighted by atomic mass is 9.91. The highest BCUT2D eigenvalue weighted by Gasteiger charge is 2.30. The van der Waals surface area contributed by atoms with Crippen molar-refractivity contribution in [2.24, 2.45) is 11.8 Å². The number of nitrogens with one attached hydrogen (secondary N) is 1. The Hall–Kier alpha value is -2.14. The summed E-state index contributed by atoms with van der Waals surface area (Å²) < 4.78 is 0. The summed E-state index contributed by atoms with van der Waals surface area (Å²) in [4.78, 5) is 27.3. The molecule has 1 aliphatic heterocycles. The maximum atomic E-state index is 13.0. The monoisotopic (exact) mass is 412 g/mol. The Morgan fingerprint density at radius 2 is 1.62 bits per heavy atom. The smallest absolute Gasteiger partial charge is 0.254 e. The zero-order chi connectivity index (χ0) is 21.0. The third-order valence-corrected chi connectivity index (χ3v) is 6.53. The molecule has 1 saturated heterocycles. The summed E-state index contributed by atoms with van der Waals surface area (Å²) in [6.07, 6.45) is 1.44. The van der Waals surface area contributed by atoms with Gasteiger partial charge in [-0.25, -0.2) is 0 Å². The van der Waals surface area contributed by atoms with Crippen molar-refractivity contribution in [1.29, 1.82) is 0 Å². The number of thiophene rings is 1. The van der Waals surface area contributed by atoms with E-state index in [1.807, 2.05) is 21.7 Å². The molecule has 0 spiro atoms. The first-order valence-electron chi connectivity index (χ1n) is 10.6. The second-order valence-electron chi connectivity index (χ2n) is 8.63. The number of rotatable bonds is 6. The van der Waals surface area contributed by atoms with Crippen molar-refractivity contribution in [1.82, 2.24) is 10.2 Å². The van der Waals surface area contributed by atoms with Crippen molar-refractivity contribution in [2.45, 2.75) is 52.5 Å². The van der Waals surface area contributed by atoms with Crippen LogP contribution < -0.4 is 5.32 Å². The predicted octanol–water partition coefficient (Wildman–Crippen LogP) is 5.24. The summed E-state index contributed by atoms with van der Waals surface area (Å²) in [5.74, 6) is 0.967. The molecular weight excluding hydrogens is 380 g/mol. The summed E-state index contributed by atoms with van der Waals surface area (Å²) in [6.45, 7) is 9.94. The predicted molar refractivity (Wildman–Crippen MR) is 119 cm³/mol. The molecule has 4 nitrogen and oxygen atoms in total. The minimum atomic E-state index is -0.0299. The Bertz CT molecular complexity index is 804. The van der Waals surface area contributed by atoms with Crippen LogP contribution in [0.25, 0.3) is 0 Å². The molecule has 1 aromatic heterocycles. The van der Waals surface area contributed by atoms with Gasteiger partial charge >= 0.3 is 0 Å². The Balaban J connectivity index is 1.59. The first-order chi connectivity index (χ1) is 13.9. The van der Waals surface area contributed by atoms with E-state index in [1.54, 1.807) is 0 Å². The van der Waals surface area contributed by atoms with Gasteiger partial charge in [0.2, 0.25) is 5.91 Å². The molecule has 2 amide bonds. The van der Waals surface area contributed by atoms with E-state index in [0.717, 1.165) is 24.0 Å². The third kappa shape index (κ3) is 5.27. The fourth-order valence-electron chi connectivity index (χ4n) is 3.91. The standard InChI is InChI=1S/C24H32N2O2S/c1-16(2)18-5-7-19(8-6-18)22(17(3)4)25-23(27)20-9-12-26(13-10-20)24(28)21-11-14-29-15-21/h5-8,11,14-17,20,22H,9-10,12-13H2,1-4H3,(H,25,27)/t22-/m0/s1. The average molecular weight is 413 g/mol. The van der Waals surface area contributed by atoms with Crippen LogP contribution in [0.3, 0.4) is 0 Å². The van der Waals surface area contributed by atoms with Crippen LogP contribution in [-0.4, -0.2) is 29.8 Å². The first kappa shape index (κ1) is 21.6. The Kier molecular flexibility index (Phi) is 7.12. The number of piperidine rings is 1. The van der Waals surface area contributed by atoms with Crippen LogP contribution in [0.2, 0.25) is 0 Å². The lowest BCUT2D eigenvalue weighted by Crippen LogP contribution is -2.44. The number of hydrogen-bond acceptors (Lipinski definition) is 3. The van der Waals surface area contributed by atoms with Crippen molar-refractivity contribution >= 4 is 23.2 Å². The second kappa shape index (κ2) is 9.57. The highest BCUT2D eigenvalue weighted by atomic mass is 32.1. The molecule has 2 heterocycles. The number of benzene rings is 1. The molecule has 1 fully saturated rings. The van der Waals surface area contributed by atoms with Gasteiger partial charge in [-0.1, -0.05) is 52.0 Å². The largest absolute Gasteiger partial charge is 0.349 e. The van der Waals surface area contributed by atoms with Gasteiger partial charge in [-0.15, -0.1) is 0 Å². The van der Waals surface area contributed by atoms with Gasteiger partial charge in [-0.2, -0.15) is 11.3 Å². The highest BCUT2D eigenvalue weighted by Crippen LogP contribution is 2.26. The number of carbonyl (C=O) groups excluding carboxylic acids is 2. The van der Waals surface area contributed by atoms with Crippen molar-refractivity contribution in [3.63, 3.8) is 0 Å². The summed E-state index contributed by atoms with van der Waals surface area (Å²) in [6, 6.07) is 10.5. The second-order valence-corrected chi connectivity index (χ2v) is 9.41. The first-order valence-corrected chi connectivity index (χ1v) is 11.5. The minimum absolute atomic E-state index is 0.00850. The van der Waals surface area contributed by atoms with Gasteiger partial charge < -0.3 is 10.2 Å². The molecule has 1 N–H and O–H groups in total.